The van der Waals surface area contributed by atoms with Gasteiger partial charge in [-0.05, 0) is 34.4 Å². The molecule has 1 fully saturated rings. The smallest absolute Gasteiger partial charge is 0.224 e. The second kappa shape index (κ2) is 6.48. The van der Waals surface area contributed by atoms with Crippen LogP contribution in [0.15, 0.2) is 12.4 Å². The van der Waals surface area contributed by atoms with E-state index in [0.29, 0.717) is 24.4 Å². The number of carbonyl (C=O) groups excluding carboxylic acids is 1. The van der Waals surface area contributed by atoms with E-state index in [4.69, 9.17) is 0 Å². The van der Waals surface area contributed by atoms with Crippen molar-refractivity contribution in [1.29, 1.82) is 0 Å². The van der Waals surface area contributed by atoms with Crippen LogP contribution >= 0.6 is 0 Å². The van der Waals surface area contributed by atoms with Crippen LogP contribution in [0.5, 0.6) is 0 Å². The Morgan fingerprint density at radius 3 is 2.65 bits per heavy atom. The molecule has 2 aliphatic rings. The zero-order valence-electron chi connectivity index (χ0n) is 13.2. The summed E-state index contributed by atoms with van der Waals surface area (Å²) in [6.07, 6.45) is 5.94. The molecule has 0 radical (unpaired) electrons. The quantitative estimate of drug-likeness (QED) is 0.751. The molecule has 2 heterocycles. The summed E-state index contributed by atoms with van der Waals surface area (Å²) in [6, 6.07) is 1.05. The van der Waals surface area contributed by atoms with Gasteiger partial charge in [0.2, 0.25) is 5.91 Å². The summed E-state index contributed by atoms with van der Waals surface area (Å²) in [6.45, 7) is 7.90. The third-order valence-corrected chi connectivity index (χ3v) is 4.34. The standard InChI is InChI=1S/C15H28N4O/c1-13(2)19-10-9-17(12-19)7-6-15(20)18-8-5-14(11-18)16(3)4/h9-10,13-14H,5-8,11-12H2,1-4H3. The minimum absolute atomic E-state index is 0.297. The van der Waals surface area contributed by atoms with Crippen LogP contribution in [-0.2, 0) is 4.79 Å². The molecule has 2 rings (SSSR count). The van der Waals surface area contributed by atoms with E-state index in [1.165, 1.54) is 0 Å². The lowest BCUT2D eigenvalue weighted by atomic mass is 10.2. The van der Waals surface area contributed by atoms with Gasteiger partial charge < -0.3 is 19.6 Å². The molecule has 0 aromatic heterocycles. The molecule has 114 valence electrons. The van der Waals surface area contributed by atoms with Crippen LogP contribution < -0.4 is 0 Å². The number of rotatable bonds is 5. The number of likely N-dealkylation sites (tertiary alicyclic amines) is 1. The summed E-state index contributed by atoms with van der Waals surface area (Å²) >= 11 is 0. The van der Waals surface area contributed by atoms with Crippen molar-refractivity contribution in [3.63, 3.8) is 0 Å². The maximum Gasteiger partial charge on any atom is 0.224 e. The van der Waals surface area contributed by atoms with Crippen LogP contribution in [0.4, 0.5) is 0 Å². The van der Waals surface area contributed by atoms with Crippen LogP contribution in [0.1, 0.15) is 26.7 Å². The SMILES string of the molecule is CC(C)N1C=CN(CCC(=O)N2CCC(N(C)C)C2)C1. The lowest BCUT2D eigenvalue weighted by molar-refractivity contribution is -0.130. The van der Waals surface area contributed by atoms with Crippen molar-refractivity contribution in [3.8, 4) is 0 Å². The van der Waals surface area contributed by atoms with E-state index < -0.39 is 0 Å². The fraction of sp³-hybridized carbons (Fsp3) is 0.800. The van der Waals surface area contributed by atoms with Gasteiger partial charge in [0.1, 0.15) is 0 Å². The zero-order chi connectivity index (χ0) is 14.7. The highest BCUT2D eigenvalue weighted by molar-refractivity contribution is 5.76. The molecule has 5 nitrogen and oxygen atoms in total. The third-order valence-electron chi connectivity index (χ3n) is 4.34. The average Bonchev–Trinajstić information content (AvgIpc) is 3.05. The number of carbonyl (C=O) groups is 1. The summed E-state index contributed by atoms with van der Waals surface area (Å²) in [4.78, 5) is 21.0. The van der Waals surface area contributed by atoms with Crippen LogP contribution in [0, 0.1) is 0 Å². The molecule has 5 heteroatoms. The molecule has 1 amide bonds. The first-order chi connectivity index (χ1) is 9.47. The molecule has 1 saturated heterocycles. The van der Waals surface area contributed by atoms with Gasteiger partial charge in [0.05, 0.1) is 6.67 Å². The van der Waals surface area contributed by atoms with Crippen molar-refractivity contribution in [2.75, 3.05) is 40.4 Å². The van der Waals surface area contributed by atoms with Gasteiger partial charge in [-0.25, -0.2) is 0 Å². The van der Waals surface area contributed by atoms with E-state index in [1.54, 1.807) is 0 Å². The van der Waals surface area contributed by atoms with Gasteiger partial charge >= 0.3 is 0 Å². The average molecular weight is 280 g/mol. The van der Waals surface area contributed by atoms with Gasteiger partial charge in [0.15, 0.2) is 0 Å². The van der Waals surface area contributed by atoms with Crippen LogP contribution in [0.2, 0.25) is 0 Å². The molecule has 1 unspecified atom stereocenters. The van der Waals surface area contributed by atoms with Crippen molar-refractivity contribution in [2.24, 2.45) is 0 Å². The summed E-state index contributed by atoms with van der Waals surface area (Å²) in [5.74, 6) is 0.297. The largest absolute Gasteiger partial charge is 0.358 e. The molecule has 0 bridgehead atoms. The zero-order valence-corrected chi connectivity index (χ0v) is 13.2. The Bertz CT molecular complexity index is 367. The van der Waals surface area contributed by atoms with Crippen molar-refractivity contribution >= 4 is 5.91 Å². The van der Waals surface area contributed by atoms with E-state index in [2.05, 4.69) is 55.0 Å². The summed E-state index contributed by atoms with van der Waals surface area (Å²) in [7, 11) is 4.18. The Balaban J connectivity index is 1.70. The van der Waals surface area contributed by atoms with Crippen molar-refractivity contribution < 1.29 is 4.79 Å². The first kappa shape index (κ1) is 15.2. The number of nitrogens with zero attached hydrogens (tertiary/aromatic N) is 4. The second-order valence-corrected chi connectivity index (χ2v) is 6.36. The number of hydrogen-bond donors (Lipinski definition) is 0. The number of amides is 1. The lowest BCUT2D eigenvalue weighted by Gasteiger charge is -2.25. The topological polar surface area (TPSA) is 30.0 Å². The number of likely N-dealkylation sites (N-methyl/N-ethyl adjacent to an activating group) is 1. The predicted octanol–water partition coefficient (Wildman–Crippen LogP) is 0.994. The van der Waals surface area contributed by atoms with E-state index in [-0.39, 0.29) is 0 Å². The van der Waals surface area contributed by atoms with Gasteiger partial charge in [-0.15, -0.1) is 0 Å². The van der Waals surface area contributed by atoms with Crippen molar-refractivity contribution in [3.05, 3.63) is 12.4 Å². The molecular formula is C15H28N4O. The Morgan fingerprint density at radius 1 is 1.35 bits per heavy atom. The molecule has 0 aliphatic carbocycles. The van der Waals surface area contributed by atoms with Crippen LogP contribution in [-0.4, -0.2) is 78.0 Å². The molecule has 0 aromatic rings. The predicted molar refractivity (Wildman–Crippen MR) is 81.0 cm³/mol. The molecule has 0 aromatic carbocycles. The second-order valence-electron chi connectivity index (χ2n) is 6.36. The van der Waals surface area contributed by atoms with Crippen molar-refractivity contribution in [2.45, 2.75) is 38.8 Å². The summed E-state index contributed by atoms with van der Waals surface area (Å²) < 4.78 is 0. The van der Waals surface area contributed by atoms with E-state index in [0.717, 1.165) is 32.7 Å². The minimum Gasteiger partial charge on any atom is -0.358 e. The molecule has 0 N–H and O–H groups in total. The van der Waals surface area contributed by atoms with E-state index in [9.17, 15) is 4.79 Å². The molecular weight excluding hydrogens is 252 g/mol. The molecule has 2 aliphatic heterocycles. The van der Waals surface area contributed by atoms with Gasteiger partial charge in [0.25, 0.3) is 0 Å². The first-order valence-corrected chi connectivity index (χ1v) is 7.59. The maximum absolute atomic E-state index is 12.2. The van der Waals surface area contributed by atoms with Gasteiger partial charge in [0, 0.05) is 50.5 Å². The minimum atomic E-state index is 0.297. The summed E-state index contributed by atoms with van der Waals surface area (Å²) in [5.41, 5.74) is 0. The highest BCUT2D eigenvalue weighted by atomic mass is 16.2. The molecule has 20 heavy (non-hydrogen) atoms. The lowest BCUT2D eigenvalue weighted by Crippen LogP contribution is -2.36. The maximum atomic E-state index is 12.2. The fourth-order valence-corrected chi connectivity index (χ4v) is 2.75. The van der Waals surface area contributed by atoms with E-state index in [1.807, 2.05) is 4.90 Å². The Hall–Kier alpha value is -1.23. The Labute approximate surface area is 122 Å². The normalized spacial score (nSPS) is 22.7. The third kappa shape index (κ3) is 3.66. The van der Waals surface area contributed by atoms with Gasteiger partial charge in [-0.3, -0.25) is 4.79 Å². The highest BCUT2D eigenvalue weighted by Crippen LogP contribution is 2.15. The van der Waals surface area contributed by atoms with Crippen molar-refractivity contribution in [1.82, 2.24) is 19.6 Å². The molecule has 0 saturated carbocycles. The highest BCUT2D eigenvalue weighted by Gasteiger charge is 2.27. The van der Waals surface area contributed by atoms with E-state index >= 15 is 0 Å². The fourth-order valence-electron chi connectivity index (χ4n) is 2.75. The Morgan fingerprint density at radius 2 is 2.10 bits per heavy atom. The monoisotopic (exact) mass is 280 g/mol. The molecule has 1 atom stereocenters. The Kier molecular flexibility index (Phi) is 4.91. The van der Waals surface area contributed by atoms with Gasteiger partial charge in [-0.2, -0.15) is 0 Å². The van der Waals surface area contributed by atoms with Crippen LogP contribution in [0.25, 0.3) is 0 Å². The van der Waals surface area contributed by atoms with Gasteiger partial charge in [-0.1, -0.05) is 0 Å². The number of hydrogen-bond acceptors (Lipinski definition) is 4. The molecule has 0 spiro atoms. The first-order valence-electron chi connectivity index (χ1n) is 7.59. The summed E-state index contributed by atoms with van der Waals surface area (Å²) in [5, 5.41) is 0. The van der Waals surface area contributed by atoms with Crippen LogP contribution in [0.3, 0.4) is 0 Å².